The van der Waals surface area contributed by atoms with Gasteiger partial charge in [-0.3, -0.25) is 14.5 Å². The Morgan fingerprint density at radius 2 is 1.62 bits per heavy atom. The summed E-state index contributed by atoms with van der Waals surface area (Å²) in [5.74, 6) is -0.858. The van der Waals surface area contributed by atoms with Crippen LogP contribution in [0.1, 0.15) is 42.1 Å². The van der Waals surface area contributed by atoms with Gasteiger partial charge in [-0.15, -0.1) is 0 Å². The van der Waals surface area contributed by atoms with Crippen LogP contribution >= 0.6 is 0 Å². The molecular formula is C25H33NO6. The molecule has 7 nitrogen and oxygen atoms in total. The van der Waals surface area contributed by atoms with Gasteiger partial charge in [0.05, 0.1) is 21.3 Å². The van der Waals surface area contributed by atoms with Crippen LogP contribution in [0.15, 0.2) is 42.5 Å². The fraction of sp³-hybridized carbons (Fsp3) is 0.440. The van der Waals surface area contributed by atoms with Gasteiger partial charge in [0.2, 0.25) is 0 Å². The molecule has 1 unspecified atom stereocenters. The zero-order chi connectivity index (χ0) is 23.5. The van der Waals surface area contributed by atoms with E-state index in [1.807, 2.05) is 24.3 Å². The summed E-state index contributed by atoms with van der Waals surface area (Å²) in [6.07, 6.45) is 1.72. The summed E-state index contributed by atoms with van der Waals surface area (Å²) in [5, 5.41) is 9.64. The van der Waals surface area contributed by atoms with Crippen molar-refractivity contribution in [2.24, 2.45) is 5.92 Å². The monoisotopic (exact) mass is 443 g/mol. The number of Topliss-reactive ketones (excluding diaryl/α,β-unsaturated/α-hetero) is 1. The molecule has 0 aliphatic heterocycles. The maximum absolute atomic E-state index is 12.8. The Balaban J connectivity index is 1.95. The highest BCUT2D eigenvalue weighted by molar-refractivity contribution is 6.08. The lowest BCUT2D eigenvalue weighted by molar-refractivity contribution is -0.140. The number of rotatable bonds is 14. The minimum Gasteiger partial charge on any atom is -0.496 e. The van der Waals surface area contributed by atoms with E-state index in [9.17, 15) is 14.7 Å². The highest BCUT2D eigenvalue weighted by atomic mass is 16.5. The topological polar surface area (TPSA) is 85.3 Å². The van der Waals surface area contributed by atoms with E-state index < -0.39 is 17.7 Å². The van der Waals surface area contributed by atoms with Crippen LogP contribution in [0.4, 0.5) is 0 Å². The summed E-state index contributed by atoms with van der Waals surface area (Å²) in [7, 11) is 4.65. The molecule has 0 aliphatic carbocycles. The number of hydrogen-bond donors (Lipinski definition) is 1. The van der Waals surface area contributed by atoms with Crippen LogP contribution < -0.4 is 14.2 Å². The smallest absolute Gasteiger partial charge is 0.314 e. The Labute approximate surface area is 189 Å². The zero-order valence-corrected chi connectivity index (χ0v) is 19.3. The lowest BCUT2D eigenvalue weighted by Gasteiger charge is -2.22. The molecule has 0 aliphatic rings. The van der Waals surface area contributed by atoms with E-state index in [1.165, 1.54) is 20.3 Å². The number of nitrogens with zero attached hydrogens (tertiary/aromatic N) is 1. The van der Waals surface area contributed by atoms with E-state index in [0.717, 1.165) is 37.4 Å². The van der Waals surface area contributed by atoms with Crippen LogP contribution in [0, 0.1) is 5.92 Å². The van der Waals surface area contributed by atoms with Gasteiger partial charge >= 0.3 is 5.97 Å². The van der Waals surface area contributed by atoms with Crippen molar-refractivity contribution < 1.29 is 28.9 Å². The largest absolute Gasteiger partial charge is 0.496 e. The Kier molecular flexibility index (Phi) is 10.0. The van der Waals surface area contributed by atoms with Crippen molar-refractivity contribution in [1.82, 2.24) is 4.90 Å². The summed E-state index contributed by atoms with van der Waals surface area (Å²) in [5.41, 5.74) is 1.42. The molecule has 2 aromatic rings. The van der Waals surface area contributed by atoms with Crippen LogP contribution in [0.3, 0.4) is 0 Å². The quantitative estimate of drug-likeness (QED) is 0.265. The molecule has 0 aromatic heterocycles. The standard InChI is InChI=1S/C25H33NO6/c1-5-26(17-19-10-6-7-12-21(19)30-2)15-9-8-11-20(25(28)29)24(27)18-13-14-22(31-3)23(16-18)32-4/h6-7,10,12-14,16,20H,5,8-9,11,15,17H2,1-4H3,(H,28,29). The number of ketones is 1. The van der Waals surface area contributed by atoms with Gasteiger partial charge in [0.25, 0.3) is 0 Å². The van der Waals surface area contributed by atoms with Crippen molar-refractivity contribution in [3.05, 3.63) is 53.6 Å². The molecule has 0 saturated heterocycles. The predicted octanol–water partition coefficient (Wildman–Crippen LogP) is 4.29. The maximum atomic E-state index is 12.8. The van der Waals surface area contributed by atoms with E-state index in [1.54, 1.807) is 19.2 Å². The third-order valence-corrected chi connectivity index (χ3v) is 5.53. The minimum atomic E-state index is -1.11. The summed E-state index contributed by atoms with van der Waals surface area (Å²) in [6, 6.07) is 12.6. The van der Waals surface area contributed by atoms with Crippen LogP contribution in [-0.2, 0) is 11.3 Å². The lowest BCUT2D eigenvalue weighted by Crippen LogP contribution is -2.26. The molecular weight excluding hydrogens is 410 g/mol. The molecule has 2 rings (SSSR count). The molecule has 174 valence electrons. The average molecular weight is 444 g/mol. The summed E-state index contributed by atoms with van der Waals surface area (Å²) < 4.78 is 15.8. The van der Waals surface area contributed by atoms with E-state index in [0.29, 0.717) is 23.5 Å². The molecule has 2 aromatic carbocycles. The van der Waals surface area contributed by atoms with Crippen molar-refractivity contribution in [1.29, 1.82) is 0 Å². The molecule has 0 heterocycles. The van der Waals surface area contributed by atoms with Crippen molar-refractivity contribution in [3.63, 3.8) is 0 Å². The number of carboxylic acids is 1. The predicted molar refractivity (Wildman–Crippen MR) is 123 cm³/mol. The first kappa shape index (κ1) is 25.2. The van der Waals surface area contributed by atoms with E-state index >= 15 is 0 Å². The number of carboxylic acid groups (broad SMARTS) is 1. The van der Waals surface area contributed by atoms with E-state index in [4.69, 9.17) is 14.2 Å². The first-order valence-corrected chi connectivity index (χ1v) is 10.8. The fourth-order valence-corrected chi connectivity index (χ4v) is 3.66. The Morgan fingerprint density at radius 1 is 0.938 bits per heavy atom. The van der Waals surface area contributed by atoms with Crippen molar-refractivity contribution in [2.45, 2.75) is 32.7 Å². The third-order valence-electron chi connectivity index (χ3n) is 5.53. The number of carbonyl (C=O) groups is 2. The van der Waals surface area contributed by atoms with Crippen LogP contribution in [0.25, 0.3) is 0 Å². The fourth-order valence-electron chi connectivity index (χ4n) is 3.66. The second-order valence-corrected chi connectivity index (χ2v) is 7.50. The van der Waals surface area contributed by atoms with Gasteiger partial charge < -0.3 is 19.3 Å². The van der Waals surface area contributed by atoms with E-state index in [-0.39, 0.29) is 6.42 Å². The van der Waals surface area contributed by atoms with E-state index in [2.05, 4.69) is 11.8 Å². The SMILES string of the molecule is CCN(CCCCC(C(=O)O)C(=O)c1ccc(OC)c(OC)c1)Cc1ccccc1OC. The number of carbonyl (C=O) groups excluding carboxylic acids is 1. The van der Waals surface area contributed by atoms with Gasteiger partial charge in [0.1, 0.15) is 11.7 Å². The number of ether oxygens (including phenoxy) is 3. The number of para-hydroxylation sites is 1. The van der Waals surface area contributed by atoms with Gasteiger partial charge in [-0.1, -0.05) is 31.5 Å². The molecule has 0 spiro atoms. The zero-order valence-electron chi connectivity index (χ0n) is 19.3. The first-order valence-electron chi connectivity index (χ1n) is 10.8. The molecule has 32 heavy (non-hydrogen) atoms. The molecule has 0 fully saturated rings. The highest BCUT2D eigenvalue weighted by Gasteiger charge is 2.27. The van der Waals surface area contributed by atoms with Crippen LogP contribution in [-0.4, -0.2) is 56.2 Å². The van der Waals surface area contributed by atoms with Crippen molar-refractivity contribution >= 4 is 11.8 Å². The second-order valence-electron chi connectivity index (χ2n) is 7.50. The second kappa shape index (κ2) is 12.7. The molecule has 0 saturated carbocycles. The van der Waals surface area contributed by atoms with Gasteiger partial charge in [0.15, 0.2) is 17.3 Å². The average Bonchev–Trinajstić information content (AvgIpc) is 2.82. The van der Waals surface area contributed by atoms with Gasteiger partial charge in [0, 0.05) is 17.7 Å². The van der Waals surface area contributed by atoms with Gasteiger partial charge in [-0.05, 0) is 50.2 Å². The van der Waals surface area contributed by atoms with Crippen LogP contribution in [0.5, 0.6) is 17.2 Å². The van der Waals surface area contributed by atoms with Crippen LogP contribution in [0.2, 0.25) is 0 Å². The van der Waals surface area contributed by atoms with Gasteiger partial charge in [-0.2, -0.15) is 0 Å². The summed E-state index contributed by atoms with van der Waals surface area (Å²) in [4.78, 5) is 26.9. The molecule has 7 heteroatoms. The highest BCUT2D eigenvalue weighted by Crippen LogP contribution is 2.29. The van der Waals surface area contributed by atoms with Crippen molar-refractivity contribution in [2.75, 3.05) is 34.4 Å². The van der Waals surface area contributed by atoms with Crippen molar-refractivity contribution in [3.8, 4) is 17.2 Å². The molecule has 0 radical (unpaired) electrons. The number of hydrogen-bond acceptors (Lipinski definition) is 6. The number of unbranched alkanes of at least 4 members (excludes halogenated alkanes) is 1. The van der Waals surface area contributed by atoms with Gasteiger partial charge in [-0.25, -0.2) is 0 Å². The third kappa shape index (κ3) is 6.72. The minimum absolute atomic E-state index is 0.286. The molecule has 0 bridgehead atoms. The summed E-state index contributed by atoms with van der Waals surface area (Å²) >= 11 is 0. The molecule has 1 N–H and O–H groups in total. The number of aliphatic carboxylic acids is 1. The molecule has 1 atom stereocenters. The molecule has 0 amide bonds. The Morgan fingerprint density at radius 3 is 2.25 bits per heavy atom. The first-order chi connectivity index (χ1) is 15.4. The number of methoxy groups -OCH3 is 3. The Hall–Kier alpha value is -3.06. The lowest BCUT2D eigenvalue weighted by atomic mass is 9.92. The number of benzene rings is 2. The normalized spacial score (nSPS) is 11.8. The summed E-state index contributed by atoms with van der Waals surface area (Å²) in [6.45, 7) is 4.53. The maximum Gasteiger partial charge on any atom is 0.314 e. The Bertz CT molecular complexity index is 898.